The Morgan fingerprint density at radius 2 is 1.91 bits per heavy atom. The van der Waals surface area contributed by atoms with Crippen molar-refractivity contribution < 1.29 is 9.90 Å². The van der Waals surface area contributed by atoms with Crippen LogP contribution in [0.15, 0.2) is 54.7 Å². The maximum absolute atomic E-state index is 12.4. The largest absolute Gasteiger partial charge is 0.504 e. The Balaban J connectivity index is 1.91. The molecule has 3 aromatic rings. The van der Waals surface area contributed by atoms with Crippen molar-refractivity contribution in [3.05, 3.63) is 65.4 Å². The molecule has 7 heteroatoms. The van der Waals surface area contributed by atoms with Gasteiger partial charge in [0.05, 0.1) is 22.6 Å². The standard InChI is InChI=1S/C15H11ClN4O2/c16-11-7-4-8-12(14(11)21)18-15(22)13-9-17-19-20(13)10-5-2-1-3-6-10/h1-9,21H,(H,18,22). The molecule has 6 nitrogen and oxygen atoms in total. The summed E-state index contributed by atoms with van der Waals surface area (Å²) in [5.74, 6) is -0.636. The van der Waals surface area contributed by atoms with E-state index in [0.717, 1.165) is 0 Å². The number of rotatable bonds is 3. The fraction of sp³-hybridized carbons (Fsp3) is 0. The van der Waals surface area contributed by atoms with E-state index in [1.807, 2.05) is 30.3 Å². The first kappa shape index (κ1) is 14.1. The average molecular weight is 315 g/mol. The van der Waals surface area contributed by atoms with Gasteiger partial charge in [0, 0.05) is 0 Å². The lowest BCUT2D eigenvalue weighted by molar-refractivity contribution is 0.101. The number of carbonyl (C=O) groups excluding carboxylic acids is 1. The van der Waals surface area contributed by atoms with Gasteiger partial charge in [-0.05, 0) is 24.3 Å². The monoisotopic (exact) mass is 314 g/mol. The van der Waals surface area contributed by atoms with Gasteiger partial charge < -0.3 is 10.4 Å². The third-order valence-corrected chi connectivity index (χ3v) is 3.32. The zero-order chi connectivity index (χ0) is 15.5. The summed E-state index contributed by atoms with van der Waals surface area (Å²) in [7, 11) is 0. The minimum atomic E-state index is -0.452. The van der Waals surface area contributed by atoms with E-state index in [1.165, 1.54) is 16.9 Å². The molecule has 3 rings (SSSR count). The Morgan fingerprint density at radius 1 is 1.14 bits per heavy atom. The van der Waals surface area contributed by atoms with Gasteiger partial charge in [-0.25, -0.2) is 4.68 Å². The van der Waals surface area contributed by atoms with E-state index < -0.39 is 5.91 Å². The molecular weight excluding hydrogens is 304 g/mol. The number of amides is 1. The summed E-state index contributed by atoms with van der Waals surface area (Å²) < 4.78 is 1.41. The van der Waals surface area contributed by atoms with E-state index in [9.17, 15) is 9.90 Å². The number of phenolic OH excluding ortho intramolecular Hbond substituents is 1. The molecule has 0 fully saturated rings. The molecule has 0 bridgehead atoms. The lowest BCUT2D eigenvalue weighted by Gasteiger charge is -2.09. The highest BCUT2D eigenvalue weighted by atomic mass is 35.5. The van der Waals surface area contributed by atoms with Crippen molar-refractivity contribution in [3.8, 4) is 11.4 Å². The molecule has 0 spiro atoms. The minimum absolute atomic E-state index is 0.160. The van der Waals surface area contributed by atoms with Gasteiger partial charge >= 0.3 is 0 Å². The summed E-state index contributed by atoms with van der Waals surface area (Å²) in [6, 6.07) is 13.9. The molecule has 2 N–H and O–H groups in total. The van der Waals surface area contributed by atoms with Crippen LogP contribution in [0.3, 0.4) is 0 Å². The topological polar surface area (TPSA) is 80.0 Å². The van der Waals surface area contributed by atoms with Crippen LogP contribution in [0.25, 0.3) is 5.69 Å². The summed E-state index contributed by atoms with van der Waals surface area (Å²) in [6.07, 6.45) is 1.35. The molecule has 1 aromatic heterocycles. The SMILES string of the molecule is O=C(Nc1cccc(Cl)c1O)c1cnnn1-c1ccccc1. The Hall–Kier alpha value is -2.86. The van der Waals surface area contributed by atoms with Crippen molar-refractivity contribution in [2.75, 3.05) is 5.32 Å². The van der Waals surface area contributed by atoms with E-state index in [4.69, 9.17) is 11.6 Å². The lowest BCUT2D eigenvalue weighted by atomic mass is 10.2. The molecule has 0 unspecified atom stereocenters. The van der Waals surface area contributed by atoms with Crippen molar-refractivity contribution in [1.29, 1.82) is 0 Å². The minimum Gasteiger partial charge on any atom is -0.504 e. The second-order valence-electron chi connectivity index (χ2n) is 4.46. The van der Waals surface area contributed by atoms with Gasteiger partial charge in [0.2, 0.25) is 0 Å². The molecule has 0 saturated heterocycles. The molecule has 110 valence electrons. The number of para-hydroxylation sites is 2. The van der Waals surface area contributed by atoms with Crippen LogP contribution in [-0.2, 0) is 0 Å². The number of hydrogen-bond donors (Lipinski definition) is 2. The molecule has 0 radical (unpaired) electrons. The van der Waals surface area contributed by atoms with Gasteiger partial charge in [-0.15, -0.1) is 5.10 Å². The van der Waals surface area contributed by atoms with Crippen molar-refractivity contribution in [2.45, 2.75) is 0 Å². The van der Waals surface area contributed by atoms with Gasteiger partial charge in [0.15, 0.2) is 11.4 Å². The zero-order valence-corrected chi connectivity index (χ0v) is 12.0. The Labute approximate surface area is 131 Å². The number of nitrogens with one attached hydrogen (secondary N) is 1. The van der Waals surface area contributed by atoms with Crippen LogP contribution in [0.1, 0.15) is 10.5 Å². The van der Waals surface area contributed by atoms with Crippen LogP contribution >= 0.6 is 11.6 Å². The zero-order valence-electron chi connectivity index (χ0n) is 11.3. The Kier molecular flexibility index (Phi) is 3.76. The number of anilines is 1. The predicted octanol–water partition coefficient (Wildman–Crippen LogP) is 2.88. The highest BCUT2D eigenvalue weighted by Gasteiger charge is 2.16. The first-order valence-corrected chi connectivity index (χ1v) is 6.79. The molecule has 22 heavy (non-hydrogen) atoms. The van der Waals surface area contributed by atoms with Gasteiger partial charge in [-0.3, -0.25) is 4.79 Å². The molecule has 0 aliphatic heterocycles. The van der Waals surface area contributed by atoms with E-state index in [2.05, 4.69) is 15.6 Å². The van der Waals surface area contributed by atoms with Gasteiger partial charge in [-0.1, -0.05) is 41.1 Å². The summed E-state index contributed by atoms with van der Waals surface area (Å²) in [5.41, 5.74) is 1.17. The quantitative estimate of drug-likeness (QED) is 0.728. The van der Waals surface area contributed by atoms with E-state index in [-0.39, 0.29) is 22.2 Å². The van der Waals surface area contributed by atoms with Crippen LogP contribution in [0.4, 0.5) is 5.69 Å². The highest BCUT2D eigenvalue weighted by Crippen LogP contribution is 2.31. The van der Waals surface area contributed by atoms with E-state index in [1.54, 1.807) is 12.1 Å². The number of carbonyl (C=O) groups is 1. The third-order valence-electron chi connectivity index (χ3n) is 3.02. The molecule has 1 heterocycles. The molecule has 0 aliphatic rings. The second kappa shape index (κ2) is 5.87. The first-order chi connectivity index (χ1) is 10.7. The van der Waals surface area contributed by atoms with Gasteiger partial charge in [0.1, 0.15) is 0 Å². The van der Waals surface area contributed by atoms with Crippen LogP contribution < -0.4 is 5.32 Å². The van der Waals surface area contributed by atoms with Crippen LogP contribution in [0, 0.1) is 0 Å². The number of phenols is 1. The van der Waals surface area contributed by atoms with E-state index in [0.29, 0.717) is 5.69 Å². The highest BCUT2D eigenvalue weighted by molar-refractivity contribution is 6.32. The van der Waals surface area contributed by atoms with Crippen molar-refractivity contribution >= 4 is 23.2 Å². The third kappa shape index (κ3) is 2.64. The van der Waals surface area contributed by atoms with Crippen molar-refractivity contribution in [2.24, 2.45) is 0 Å². The first-order valence-electron chi connectivity index (χ1n) is 6.42. The van der Waals surface area contributed by atoms with E-state index >= 15 is 0 Å². The lowest BCUT2D eigenvalue weighted by Crippen LogP contribution is -2.17. The smallest absolute Gasteiger partial charge is 0.276 e. The molecule has 0 saturated carbocycles. The van der Waals surface area contributed by atoms with Gasteiger partial charge in [0.25, 0.3) is 5.91 Å². The van der Waals surface area contributed by atoms with Crippen LogP contribution in [-0.4, -0.2) is 26.0 Å². The van der Waals surface area contributed by atoms with Gasteiger partial charge in [-0.2, -0.15) is 0 Å². The Bertz CT molecular complexity index is 817. The summed E-state index contributed by atoms with van der Waals surface area (Å²) in [5, 5.41) is 20.3. The fourth-order valence-corrected chi connectivity index (χ4v) is 2.13. The molecule has 0 atom stereocenters. The number of benzene rings is 2. The average Bonchev–Trinajstić information content (AvgIpc) is 3.02. The van der Waals surface area contributed by atoms with Crippen molar-refractivity contribution in [1.82, 2.24) is 15.0 Å². The van der Waals surface area contributed by atoms with Crippen LogP contribution in [0.2, 0.25) is 5.02 Å². The number of nitrogens with zero attached hydrogens (tertiary/aromatic N) is 3. The van der Waals surface area contributed by atoms with Crippen molar-refractivity contribution in [3.63, 3.8) is 0 Å². The molecule has 2 aromatic carbocycles. The van der Waals surface area contributed by atoms with Crippen LogP contribution in [0.5, 0.6) is 5.75 Å². The number of halogens is 1. The maximum Gasteiger partial charge on any atom is 0.276 e. The summed E-state index contributed by atoms with van der Waals surface area (Å²) >= 11 is 5.82. The summed E-state index contributed by atoms with van der Waals surface area (Å²) in [4.78, 5) is 12.4. The second-order valence-corrected chi connectivity index (χ2v) is 4.86. The molecular formula is C15H11ClN4O2. The Morgan fingerprint density at radius 3 is 2.68 bits per heavy atom. The predicted molar refractivity (Wildman–Crippen MR) is 82.4 cm³/mol. The molecule has 0 aliphatic carbocycles. The normalized spacial score (nSPS) is 10.4. The number of hydrogen-bond acceptors (Lipinski definition) is 4. The molecule has 1 amide bonds. The number of aromatic nitrogens is 3. The summed E-state index contributed by atoms with van der Waals surface area (Å²) in [6.45, 7) is 0. The number of aromatic hydroxyl groups is 1. The maximum atomic E-state index is 12.4. The fourth-order valence-electron chi connectivity index (χ4n) is 1.95.